The Morgan fingerprint density at radius 2 is 2.00 bits per heavy atom. The van der Waals surface area contributed by atoms with E-state index < -0.39 is 23.3 Å². The molecule has 2 aliphatic rings. The first-order valence-electron chi connectivity index (χ1n) is 8.13. The van der Waals surface area contributed by atoms with E-state index in [4.69, 9.17) is 5.73 Å². The van der Waals surface area contributed by atoms with Crippen LogP contribution in [0.1, 0.15) is 30.7 Å². The second-order valence-corrected chi connectivity index (χ2v) is 6.60. The summed E-state index contributed by atoms with van der Waals surface area (Å²) in [5.74, 6) is -2.17. The van der Waals surface area contributed by atoms with Crippen molar-refractivity contribution in [2.45, 2.75) is 31.2 Å². The maximum absolute atomic E-state index is 14.0. The van der Waals surface area contributed by atoms with E-state index in [1.807, 2.05) is 6.08 Å². The highest BCUT2D eigenvalue weighted by Crippen LogP contribution is 2.38. The third-order valence-corrected chi connectivity index (χ3v) is 5.15. The van der Waals surface area contributed by atoms with E-state index in [0.29, 0.717) is 12.0 Å². The van der Waals surface area contributed by atoms with Gasteiger partial charge in [-0.3, -0.25) is 9.59 Å². The molecule has 1 unspecified atom stereocenters. The molecule has 3 N–H and O–H groups in total. The highest BCUT2D eigenvalue weighted by molar-refractivity contribution is 6.02. The van der Waals surface area contributed by atoms with Crippen LogP contribution in [0.15, 0.2) is 36.4 Å². The summed E-state index contributed by atoms with van der Waals surface area (Å²) in [6.45, 7) is 0.496. The molecule has 24 heavy (non-hydrogen) atoms. The van der Waals surface area contributed by atoms with Crippen LogP contribution >= 0.6 is 0 Å². The lowest BCUT2D eigenvalue weighted by Crippen LogP contribution is -2.49. The quantitative estimate of drug-likeness (QED) is 0.654. The minimum atomic E-state index is -1.42. The van der Waals surface area contributed by atoms with Gasteiger partial charge in [-0.15, -0.1) is 0 Å². The van der Waals surface area contributed by atoms with Gasteiger partial charge >= 0.3 is 5.97 Å². The molecule has 0 saturated carbocycles. The molecule has 3 rings (SSSR count). The van der Waals surface area contributed by atoms with E-state index in [1.165, 1.54) is 11.0 Å². The van der Waals surface area contributed by atoms with Gasteiger partial charge in [-0.2, -0.15) is 0 Å². The molecule has 1 aliphatic heterocycles. The molecule has 0 aromatic heterocycles. The number of halogens is 1. The minimum Gasteiger partial charge on any atom is -0.480 e. The molecule has 128 valence electrons. The van der Waals surface area contributed by atoms with Gasteiger partial charge in [-0.1, -0.05) is 30.4 Å². The lowest BCUT2D eigenvalue weighted by molar-refractivity contribution is -0.161. The molecule has 1 aromatic carbocycles. The van der Waals surface area contributed by atoms with Gasteiger partial charge < -0.3 is 15.7 Å². The zero-order chi connectivity index (χ0) is 17.3. The summed E-state index contributed by atoms with van der Waals surface area (Å²) in [6, 6.07) is 5.98. The van der Waals surface area contributed by atoms with Gasteiger partial charge in [-0.05, 0) is 30.9 Å². The van der Waals surface area contributed by atoms with Crippen LogP contribution in [0.4, 0.5) is 4.39 Å². The van der Waals surface area contributed by atoms with Gasteiger partial charge in [0.25, 0.3) is 0 Å². The smallest absolute Gasteiger partial charge is 0.319 e. The van der Waals surface area contributed by atoms with Crippen molar-refractivity contribution in [3.63, 3.8) is 0 Å². The fourth-order valence-electron chi connectivity index (χ4n) is 3.72. The van der Waals surface area contributed by atoms with E-state index in [0.717, 1.165) is 0 Å². The summed E-state index contributed by atoms with van der Waals surface area (Å²) in [6.07, 6.45) is 4.69. The van der Waals surface area contributed by atoms with Gasteiger partial charge in [-0.25, -0.2) is 4.39 Å². The Hall–Kier alpha value is -2.21. The first kappa shape index (κ1) is 16.6. The van der Waals surface area contributed by atoms with E-state index in [9.17, 15) is 19.1 Å². The highest BCUT2D eigenvalue weighted by Gasteiger charge is 2.50. The minimum absolute atomic E-state index is 0.192. The predicted molar refractivity (Wildman–Crippen MR) is 86.8 cm³/mol. The van der Waals surface area contributed by atoms with Crippen molar-refractivity contribution in [1.82, 2.24) is 4.90 Å². The number of nitrogens with two attached hydrogens (primary N) is 1. The number of carbonyl (C=O) groups is 2. The van der Waals surface area contributed by atoms with Crippen LogP contribution in [-0.2, 0) is 9.59 Å². The molecule has 1 fully saturated rings. The molecule has 3 atom stereocenters. The molecular weight excluding hydrogens is 311 g/mol. The Labute approximate surface area is 139 Å². The number of amides is 1. The average molecular weight is 332 g/mol. The summed E-state index contributed by atoms with van der Waals surface area (Å²) >= 11 is 0. The van der Waals surface area contributed by atoms with Gasteiger partial charge in [0.2, 0.25) is 5.91 Å². The lowest BCUT2D eigenvalue weighted by Gasteiger charge is -2.33. The number of rotatable bonds is 3. The molecule has 0 radical (unpaired) electrons. The van der Waals surface area contributed by atoms with Gasteiger partial charge in [0, 0.05) is 25.0 Å². The summed E-state index contributed by atoms with van der Waals surface area (Å²) < 4.78 is 14.0. The largest absolute Gasteiger partial charge is 0.480 e. The zero-order valence-electron chi connectivity index (χ0n) is 13.3. The van der Waals surface area contributed by atoms with Crippen LogP contribution in [0.25, 0.3) is 0 Å². The SMILES string of the molecule is N[C@@H]1CN(C(=O)C2(C(=O)O)CC=CCC2)C[C@H]1c1ccccc1F. The van der Waals surface area contributed by atoms with Crippen LogP contribution in [-0.4, -0.2) is 41.0 Å². The monoisotopic (exact) mass is 332 g/mol. The number of benzene rings is 1. The van der Waals surface area contributed by atoms with E-state index in [1.54, 1.807) is 24.3 Å². The molecule has 0 spiro atoms. The van der Waals surface area contributed by atoms with Crippen molar-refractivity contribution in [2.75, 3.05) is 13.1 Å². The number of carboxylic acids is 1. The van der Waals surface area contributed by atoms with E-state index in [-0.39, 0.29) is 37.7 Å². The normalized spacial score (nSPS) is 29.7. The second-order valence-electron chi connectivity index (χ2n) is 6.60. The average Bonchev–Trinajstić information content (AvgIpc) is 2.96. The summed E-state index contributed by atoms with van der Waals surface area (Å²) in [5, 5.41) is 9.64. The fourth-order valence-corrected chi connectivity index (χ4v) is 3.72. The Balaban J connectivity index is 1.84. The number of likely N-dealkylation sites (tertiary alicyclic amines) is 1. The van der Waals surface area contributed by atoms with Crippen LogP contribution < -0.4 is 5.73 Å². The Morgan fingerprint density at radius 1 is 1.25 bits per heavy atom. The number of nitrogens with zero attached hydrogens (tertiary/aromatic N) is 1. The third-order valence-electron chi connectivity index (χ3n) is 5.15. The topological polar surface area (TPSA) is 83.6 Å². The second kappa shape index (κ2) is 6.36. The lowest BCUT2D eigenvalue weighted by atomic mass is 9.76. The van der Waals surface area contributed by atoms with E-state index >= 15 is 0 Å². The molecule has 0 bridgehead atoms. The molecule has 5 nitrogen and oxygen atoms in total. The predicted octanol–water partition coefficient (Wildman–Crippen LogP) is 1.89. The number of aliphatic carboxylic acids is 1. The Bertz CT molecular complexity index is 691. The van der Waals surface area contributed by atoms with Crippen molar-refractivity contribution in [3.05, 3.63) is 47.8 Å². The number of carboxylic acid groups (broad SMARTS) is 1. The van der Waals surface area contributed by atoms with Crippen molar-refractivity contribution in [3.8, 4) is 0 Å². The first-order valence-corrected chi connectivity index (χ1v) is 8.13. The third kappa shape index (κ3) is 2.71. The number of allylic oxidation sites excluding steroid dienone is 2. The van der Waals surface area contributed by atoms with Crippen molar-refractivity contribution in [1.29, 1.82) is 0 Å². The van der Waals surface area contributed by atoms with Crippen LogP contribution in [0.5, 0.6) is 0 Å². The number of hydrogen-bond acceptors (Lipinski definition) is 3. The summed E-state index contributed by atoms with van der Waals surface area (Å²) in [4.78, 5) is 26.2. The van der Waals surface area contributed by atoms with Crippen molar-refractivity contribution < 1.29 is 19.1 Å². The van der Waals surface area contributed by atoms with Gasteiger partial charge in [0.1, 0.15) is 11.2 Å². The van der Waals surface area contributed by atoms with E-state index in [2.05, 4.69) is 0 Å². The molecule has 1 aliphatic carbocycles. The molecule has 1 heterocycles. The Kier molecular flexibility index (Phi) is 4.41. The van der Waals surface area contributed by atoms with Crippen molar-refractivity contribution >= 4 is 11.9 Å². The van der Waals surface area contributed by atoms with Crippen LogP contribution in [0.2, 0.25) is 0 Å². The first-order chi connectivity index (χ1) is 11.5. The van der Waals surface area contributed by atoms with Crippen molar-refractivity contribution in [2.24, 2.45) is 11.1 Å². The Morgan fingerprint density at radius 3 is 2.62 bits per heavy atom. The number of carbonyl (C=O) groups excluding carboxylic acids is 1. The fraction of sp³-hybridized carbons (Fsp3) is 0.444. The maximum atomic E-state index is 14.0. The number of hydrogen-bond donors (Lipinski definition) is 2. The maximum Gasteiger partial charge on any atom is 0.319 e. The molecule has 1 aromatic rings. The van der Waals surface area contributed by atoms with Crippen LogP contribution in [0.3, 0.4) is 0 Å². The molecule has 1 saturated heterocycles. The highest BCUT2D eigenvalue weighted by atomic mass is 19.1. The summed E-state index contributed by atoms with van der Waals surface area (Å²) in [7, 11) is 0. The molecular formula is C18H21FN2O3. The molecule has 1 amide bonds. The standard InChI is InChI=1S/C18H21FN2O3/c19-14-7-3-2-6-12(14)13-10-21(11-15(13)20)16(22)18(17(23)24)8-4-1-5-9-18/h1-4,6-7,13,15H,5,8-11,20H2,(H,23,24)/t13-,15+,18?/m0/s1. The van der Waals surface area contributed by atoms with Gasteiger partial charge in [0.15, 0.2) is 0 Å². The van der Waals surface area contributed by atoms with Crippen LogP contribution in [0, 0.1) is 11.2 Å². The molecule has 6 heteroatoms. The summed E-state index contributed by atoms with van der Waals surface area (Å²) in [5.41, 5.74) is 5.20. The zero-order valence-corrected chi connectivity index (χ0v) is 13.3. The van der Waals surface area contributed by atoms with Gasteiger partial charge in [0.05, 0.1) is 0 Å².